The summed E-state index contributed by atoms with van der Waals surface area (Å²) in [7, 11) is 0. The molecule has 0 saturated heterocycles. The fraction of sp³-hybridized carbons (Fsp3) is 0.316. The van der Waals surface area contributed by atoms with Crippen molar-refractivity contribution in [1.29, 1.82) is 5.26 Å². The molecule has 1 aliphatic heterocycles. The Balaban J connectivity index is 1.89. The molecule has 0 radical (unpaired) electrons. The van der Waals surface area contributed by atoms with E-state index in [1.54, 1.807) is 12.1 Å². The van der Waals surface area contributed by atoms with Gasteiger partial charge in [-0.05, 0) is 36.6 Å². The summed E-state index contributed by atoms with van der Waals surface area (Å²) in [5.41, 5.74) is 0.146. The van der Waals surface area contributed by atoms with Crippen molar-refractivity contribution in [2.75, 3.05) is 5.32 Å². The largest absolute Gasteiger partial charge is 0.504 e. The number of aromatic hydroxyl groups is 1. The number of nitrogens with one attached hydrogen (secondary N) is 2. The van der Waals surface area contributed by atoms with Crippen molar-refractivity contribution in [3.05, 3.63) is 47.4 Å². The van der Waals surface area contributed by atoms with E-state index in [4.69, 9.17) is 9.68 Å². The van der Waals surface area contributed by atoms with Crippen molar-refractivity contribution in [1.82, 2.24) is 5.32 Å². The second-order valence-electron chi connectivity index (χ2n) is 7.44. The third kappa shape index (κ3) is 4.07. The lowest BCUT2D eigenvalue weighted by atomic mass is 9.85. The minimum atomic E-state index is -1.79. The molecule has 0 spiro atoms. The van der Waals surface area contributed by atoms with Crippen LogP contribution in [0.15, 0.2) is 43.5 Å². The molecular formula is C19H21N5O3S. The van der Waals surface area contributed by atoms with E-state index in [-0.39, 0.29) is 40.1 Å². The predicted molar refractivity (Wildman–Crippen MR) is 108 cm³/mol. The van der Waals surface area contributed by atoms with Crippen molar-refractivity contribution < 1.29 is 13.7 Å². The van der Waals surface area contributed by atoms with Gasteiger partial charge in [-0.15, -0.1) is 8.80 Å². The van der Waals surface area contributed by atoms with Crippen LogP contribution in [-0.2, 0) is 11.2 Å². The van der Waals surface area contributed by atoms with Gasteiger partial charge in [0.1, 0.15) is 17.6 Å². The Morgan fingerprint density at radius 3 is 2.54 bits per heavy atom. The van der Waals surface area contributed by atoms with Crippen LogP contribution in [0.5, 0.6) is 5.75 Å². The number of hydrogen-bond donors (Lipinski definition) is 3. The molecule has 28 heavy (non-hydrogen) atoms. The molecule has 2 atom stereocenters. The molecular weight excluding hydrogens is 378 g/mol. The minimum Gasteiger partial charge on any atom is -0.504 e. The van der Waals surface area contributed by atoms with Gasteiger partial charge in [0, 0.05) is 0 Å². The summed E-state index contributed by atoms with van der Waals surface area (Å²) in [4.78, 5) is 0. The number of amidine groups is 2. The van der Waals surface area contributed by atoms with Crippen LogP contribution in [0, 0.1) is 23.7 Å². The molecule has 0 aliphatic carbocycles. The summed E-state index contributed by atoms with van der Waals surface area (Å²) in [5, 5.41) is 25.4. The van der Waals surface area contributed by atoms with Gasteiger partial charge in [0.2, 0.25) is 0 Å². The first-order valence-corrected chi connectivity index (χ1v) is 9.67. The van der Waals surface area contributed by atoms with Crippen molar-refractivity contribution in [3.8, 4) is 11.8 Å². The molecule has 0 saturated carbocycles. The van der Waals surface area contributed by atoms with Crippen molar-refractivity contribution in [2.24, 2.45) is 14.2 Å². The van der Waals surface area contributed by atoms with Gasteiger partial charge in [0.25, 0.3) is 11.2 Å². The van der Waals surface area contributed by atoms with E-state index in [1.807, 2.05) is 45.9 Å². The first kappa shape index (κ1) is 19.6. The van der Waals surface area contributed by atoms with Crippen LogP contribution >= 0.6 is 0 Å². The van der Waals surface area contributed by atoms with E-state index in [2.05, 4.69) is 19.4 Å². The second-order valence-corrected chi connectivity index (χ2v) is 8.27. The van der Waals surface area contributed by atoms with Gasteiger partial charge in [-0.25, -0.2) is 4.21 Å². The summed E-state index contributed by atoms with van der Waals surface area (Å²) in [6.45, 7) is 8.00. The fourth-order valence-electron chi connectivity index (χ4n) is 2.76. The lowest BCUT2D eigenvalue weighted by Gasteiger charge is -2.30. The zero-order valence-electron chi connectivity index (χ0n) is 16.0. The van der Waals surface area contributed by atoms with Crippen LogP contribution in [0.2, 0.25) is 0 Å². The molecule has 2 aromatic rings. The Morgan fingerprint density at radius 1 is 1.21 bits per heavy atom. The van der Waals surface area contributed by atoms with Gasteiger partial charge in [-0.3, -0.25) is 0 Å². The number of anilines is 1. The number of nitriles is 1. The van der Waals surface area contributed by atoms with Gasteiger partial charge >= 0.3 is 0 Å². The van der Waals surface area contributed by atoms with E-state index < -0.39 is 11.2 Å². The molecule has 146 valence electrons. The zero-order chi connectivity index (χ0) is 20.5. The van der Waals surface area contributed by atoms with Gasteiger partial charge in [-0.2, -0.15) is 5.26 Å². The maximum Gasteiger partial charge on any atom is 0.269 e. The van der Waals surface area contributed by atoms with Crippen LogP contribution < -0.4 is 10.6 Å². The Labute approximate surface area is 165 Å². The molecule has 0 fully saturated rings. The Morgan fingerprint density at radius 2 is 1.93 bits per heavy atom. The summed E-state index contributed by atoms with van der Waals surface area (Å²) in [6.07, 6.45) is 0. The maximum absolute atomic E-state index is 12.0. The quantitative estimate of drug-likeness (QED) is 0.680. The molecule has 1 aromatic carbocycles. The molecule has 1 aromatic heterocycles. The summed E-state index contributed by atoms with van der Waals surface area (Å²) >= 11 is -1.79. The molecule has 1 aliphatic rings. The first-order chi connectivity index (χ1) is 13.2. The first-order valence-electron chi connectivity index (χ1n) is 8.61. The van der Waals surface area contributed by atoms with Gasteiger partial charge in [0.05, 0.1) is 17.3 Å². The molecule has 2 unspecified atom stereocenters. The summed E-state index contributed by atoms with van der Waals surface area (Å²) in [6, 6.07) is 10.1. The number of nitrogens with zero attached hydrogens (tertiary/aromatic N) is 3. The van der Waals surface area contributed by atoms with Crippen LogP contribution in [0.4, 0.5) is 5.69 Å². The molecule has 9 heteroatoms. The fourth-order valence-corrected chi connectivity index (χ4v) is 3.39. The molecule has 3 rings (SSSR count). The standard InChI is InChI=1S/C19H21N5O3S/c1-11-8-9-14(27-11)16(19(2,3)4)22-18-17(23-28(26)24-18)21-13-7-5-6-12(10-20)15(13)25/h5-9,16,25H,1-4H3,(H,21,23)(H,22,24). The zero-order valence-corrected chi connectivity index (χ0v) is 16.8. The number of phenolic OH excluding ortho intramolecular Hbond substituents is 1. The number of hydrogen-bond acceptors (Lipinski definition) is 6. The minimum absolute atomic E-state index is 0.120. The number of rotatable bonds is 3. The van der Waals surface area contributed by atoms with Crippen LogP contribution in [0.3, 0.4) is 0 Å². The van der Waals surface area contributed by atoms with Gasteiger partial charge in [0.15, 0.2) is 17.4 Å². The van der Waals surface area contributed by atoms with E-state index >= 15 is 0 Å². The van der Waals surface area contributed by atoms with Crippen molar-refractivity contribution in [3.63, 3.8) is 0 Å². The Kier molecular flexibility index (Phi) is 5.25. The van der Waals surface area contributed by atoms with E-state index in [9.17, 15) is 9.32 Å². The monoisotopic (exact) mass is 399 g/mol. The highest BCUT2D eigenvalue weighted by Crippen LogP contribution is 2.34. The average Bonchev–Trinajstić information content (AvgIpc) is 3.19. The number of phenols is 1. The number of aryl methyl sites for hydroxylation is 1. The van der Waals surface area contributed by atoms with Crippen LogP contribution in [-0.4, -0.2) is 21.0 Å². The van der Waals surface area contributed by atoms with Gasteiger partial charge < -0.3 is 20.2 Å². The van der Waals surface area contributed by atoms with E-state index in [1.165, 1.54) is 6.07 Å². The smallest absolute Gasteiger partial charge is 0.269 e. The van der Waals surface area contributed by atoms with E-state index in [0.29, 0.717) is 0 Å². The lowest BCUT2D eigenvalue weighted by molar-refractivity contribution is 0.261. The maximum atomic E-state index is 12.0. The SMILES string of the molecule is Cc1ccc(C(NC2=NS(=O)N=C2Nc2cccc(C#N)c2O)C(C)(C)C)o1. The topological polar surface area (TPSA) is 123 Å². The normalized spacial score (nSPS) is 17.5. The molecule has 2 heterocycles. The second kappa shape index (κ2) is 7.48. The Hall–Kier alpha value is -3.12. The van der Waals surface area contributed by atoms with Crippen molar-refractivity contribution >= 4 is 28.5 Å². The summed E-state index contributed by atoms with van der Waals surface area (Å²) < 4.78 is 25.8. The van der Waals surface area contributed by atoms with Crippen LogP contribution in [0.25, 0.3) is 0 Å². The third-order valence-corrected chi connectivity index (χ3v) is 4.84. The Bertz CT molecular complexity index is 1030. The number of benzene rings is 1. The lowest BCUT2D eigenvalue weighted by Crippen LogP contribution is -2.41. The third-order valence-electron chi connectivity index (χ3n) is 4.17. The van der Waals surface area contributed by atoms with Crippen molar-refractivity contribution in [2.45, 2.75) is 33.7 Å². The molecule has 8 nitrogen and oxygen atoms in total. The van der Waals surface area contributed by atoms with E-state index in [0.717, 1.165) is 11.5 Å². The number of para-hydroxylation sites is 1. The van der Waals surface area contributed by atoms with Gasteiger partial charge in [-0.1, -0.05) is 26.8 Å². The predicted octanol–water partition coefficient (Wildman–Crippen LogP) is 3.34. The highest BCUT2D eigenvalue weighted by Gasteiger charge is 2.32. The average molecular weight is 399 g/mol. The molecule has 0 amide bonds. The molecule has 0 bridgehead atoms. The summed E-state index contributed by atoms with van der Waals surface area (Å²) in [5.74, 6) is 1.79. The van der Waals surface area contributed by atoms with Crippen LogP contribution in [0.1, 0.15) is 43.9 Å². The molecule has 3 N–H and O–H groups in total. The number of furan rings is 1. The highest BCUT2D eigenvalue weighted by molar-refractivity contribution is 7.83. The highest BCUT2D eigenvalue weighted by atomic mass is 32.2.